The lowest BCUT2D eigenvalue weighted by Crippen LogP contribution is -2.19. The van der Waals surface area contributed by atoms with E-state index in [9.17, 15) is 9.59 Å². The van der Waals surface area contributed by atoms with E-state index in [-0.39, 0.29) is 22.5 Å². The SMILES string of the molecule is O=CNOC(=O)c1cc(Cl)nc(Cl)n1. The molecule has 1 rings (SSSR count). The molecule has 0 aliphatic rings. The molecule has 0 spiro atoms. The summed E-state index contributed by atoms with van der Waals surface area (Å²) in [5.74, 6) is -0.886. The number of nitrogens with zero attached hydrogens (tertiary/aromatic N) is 2. The molecule has 0 aliphatic carbocycles. The molecule has 0 aliphatic heterocycles. The molecule has 1 aromatic heterocycles. The van der Waals surface area contributed by atoms with Gasteiger partial charge in [-0.1, -0.05) is 11.6 Å². The highest BCUT2D eigenvalue weighted by molar-refractivity contribution is 6.32. The fourth-order valence-electron chi connectivity index (χ4n) is 0.624. The van der Waals surface area contributed by atoms with Gasteiger partial charge in [-0.15, -0.1) is 0 Å². The fraction of sp³-hybridized carbons (Fsp3) is 0. The third-order valence-electron chi connectivity index (χ3n) is 1.08. The summed E-state index contributed by atoms with van der Waals surface area (Å²) >= 11 is 10.9. The number of halogens is 2. The van der Waals surface area contributed by atoms with Crippen molar-refractivity contribution in [2.45, 2.75) is 0 Å². The van der Waals surface area contributed by atoms with Crippen LogP contribution in [0.25, 0.3) is 0 Å². The van der Waals surface area contributed by atoms with Gasteiger partial charge < -0.3 is 4.84 Å². The minimum absolute atomic E-state index is 0.00283. The van der Waals surface area contributed by atoms with Crippen LogP contribution in [0.2, 0.25) is 10.4 Å². The quantitative estimate of drug-likeness (QED) is 0.359. The van der Waals surface area contributed by atoms with Crippen molar-refractivity contribution in [2.75, 3.05) is 0 Å². The Morgan fingerprint density at radius 3 is 2.79 bits per heavy atom. The lowest BCUT2D eigenvalue weighted by Gasteiger charge is -2.00. The standard InChI is InChI=1S/C6H3Cl2N3O3/c7-4-1-3(10-6(8)11-4)5(13)14-9-2-12/h1-2H,(H,9,12). The molecule has 0 unspecified atom stereocenters. The molecule has 0 saturated carbocycles. The normalized spacial score (nSPS) is 9.29. The molecule has 8 heteroatoms. The molecule has 1 heterocycles. The zero-order valence-electron chi connectivity index (χ0n) is 6.53. The first kappa shape index (κ1) is 10.7. The van der Waals surface area contributed by atoms with Gasteiger partial charge in [0.05, 0.1) is 0 Å². The highest BCUT2D eigenvalue weighted by Crippen LogP contribution is 2.10. The molecule has 1 amide bonds. The van der Waals surface area contributed by atoms with Crippen molar-refractivity contribution in [1.82, 2.24) is 15.4 Å². The van der Waals surface area contributed by atoms with Crippen LogP contribution in [0.4, 0.5) is 0 Å². The zero-order chi connectivity index (χ0) is 10.6. The Kier molecular flexibility index (Phi) is 3.61. The Bertz CT molecular complexity index is 351. The highest BCUT2D eigenvalue weighted by atomic mass is 35.5. The predicted molar refractivity (Wildman–Crippen MR) is 46.7 cm³/mol. The molecular weight excluding hydrogens is 233 g/mol. The maximum absolute atomic E-state index is 11.1. The summed E-state index contributed by atoms with van der Waals surface area (Å²) in [6.45, 7) is 0. The van der Waals surface area contributed by atoms with Gasteiger partial charge in [-0.2, -0.15) is 5.48 Å². The summed E-state index contributed by atoms with van der Waals surface area (Å²) in [5.41, 5.74) is 1.56. The Balaban J connectivity index is 2.84. The number of hydrogen-bond donors (Lipinski definition) is 1. The van der Waals surface area contributed by atoms with Gasteiger partial charge in [0.1, 0.15) is 5.15 Å². The first-order chi connectivity index (χ1) is 6.63. The molecule has 0 radical (unpaired) electrons. The second-order valence-corrected chi connectivity index (χ2v) is 2.70. The van der Waals surface area contributed by atoms with Gasteiger partial charge in [-0.25, -0.2) is 14.8 Å². The maximum Gasteiger partial charge on any atom is 0.381 e. The van der Waals surface area contributed by atoms with Crippen molar-refractivity contribution in [1.29, 1.82) is 0 Å². The number of rotatable bonds is 3. The highest BCUT2D eigenvalue weighted by Gasteiger charge is 2.11. The molecule has 1 aromatic rings. The van der Waals surface area contributed by atoms with Crippen LogP contribution < -0.4 is 5.48 Å². The van der Waals surface area contributed by atoms with Crippen molar-refractivity contribution in [3.8, 4) is 0 Å². The molecule has 0 bridgehead atoms. The van der Waals surface area contributed by atoms with Crippen LogP contribution in [-0.4, -0.2) is 22.3 Å². The minimum atomic E-state index is -0.886. The van der Waals surface area contributed by atoms with Gasteiger partial charge in [0, 0.05) is 6.07 Å². The van der Waals surface area contributed by atoms with E-state index in [1.165, 1.54) is 0 Å². The average Bonchev–Trinajstić information content (AvgIpc) is 2.12. The van der Waals surface area contributed by atoms with E-state index in [1.807, 2.05) is 0 Å². The van der Waals surface area contributed by atoms with Crippen molar-refractivity contribution in [3.63, 3.8) is 0 Å². The van der Waals surface area contributed by atoms with Crippen LogP contribution in [0.15, 0.2) is 6.07 Å². The van der Waals surface area contributed by atoms with E-state index in [2.05, 4.69) is 14.8 Å². The number of amides is 1. The average molecular weight is 236 g/mol. The van der Waals surface area contributed by atoms with Gasteiger partial charge in [-0.05, 0) is 11.6 Å². The van der Waals surface area contributed by atoms with E-state index in [0.717, 1.165) is 6.07 Å². The van der Waals surface area contributed by atoms with E-state index in [0.29, 0.717) is 0 Å². The molecule has 0 fully saturated rings. The Labute approximate surface area is 88.1 Å². The first-order valence-corrected chi connectivity index (χ1v) is 3.99. The molecule has 6 nitrogen and oxygen atoms in total. The van der Waals surface area contributed by atoms with Gasteiger partial charge in [0.15, 0.2) is 5.69 Å². The van der Waals surface area contributed by atoms with Crippen LogP contribution in [0.3, 0.4) is 0 Å². The monoisotopic (exact) mass is 235 g/mol. The topological polar surface area (TPSA) is 81.2 Å². The summed E-state index contributed by atoms with van der Waals surface area (Å²) in [6, 6.07) is 1.16. The summed E-state index contributed by atoms with van der Waals surface area (Å²) in [4.78, 5) is 32.1. The largest absolute Gasteiger partial charge is 0.381 e. The van der Waals surface area contributed by atoms with Gasteiger partial charge >= 0.3 is 5.97 Å². The molecule has 74 valence electrons. The summed E-state index contributed by atoms with van der Waals surface area (Å²) < 4.78 is 0. The van der Waals surface area contributed by atoms with Crippen LogP contribution in [0.5, 0.6) is 0 Å². The number of carbonyl (C=O) groups is 2. The summed E-state index contributed by atoms with van der Waals surface area (Å²) in [7, 11) is 0. The second kappa shape index (κ2) is 4.73. The molecule has 0 saturated heterocycles. The molecular formula is C6H3Cl2N3O3. The van der Waals surface area contributed by atoms with Crippen molar-refractivity contribution in [2.24, 2.45) is 0 Å². The van der Waals surface area contributed by atoms with E-state index < -0.39 is 5.97 Å². The molecule has 0 aromatic carbocycles. The Morgan fingerprint density at radius 1 is 1.50 bits per heavy atom. The Morgan fingerprint density at radius 2 is 2.21 bits per heavy atom. The molecule has 14 heavy (non-hydrogen) atoms. The summed E-state index contributed by atoms with van der Waals surface area (Å²) in [6.07, 6.45) is 0.197. The van der Waals surface area contributed by atoms with E-state index in [4.69, 9.17) is 23.2 Å². The van der Waals surface area contributed by atoms with Crippen molar-refractivity contribution >= 4 is 35.6 Å². The third kappa shape index (κ3) is 2.82. The van der Waals surface area contributed by atoms with Gasteiger partial charge in [0.25, 0.3) is 0 Å². The smallest absolute Gasteiger partial charge is 0.334 e. The van der Waals surface area contributed by atoms with Crippen LogP contribution >= 0.6 is 23.2 Å². The van der Waals surface area contributed by atoms with Crippen LogP contribution in [-0.2, 0) is 9.63 Å². The van der Waals surface area contributed by atoms with Gasteiger partial charge in [-0.3, -0.25) is 4.79 Å². The maximum atomic E-state index is 11.1. The van der Waals surface area contributed by atoms with Crippen LogP contribution in [0.1, 0.15) is 10.5 Å². The zero-order valence-corrected chi connectivity index (χ0v) is 8.04. The minimum Gasteiger partial charge on any atom is -0.334 e. The van der Waals surface area contributed by atoms with Crippen LogP contribution in [0, 0.1) is 0 Å². The lowest BCUT2D eigenvalue weighted by atomic mass is 10.4. The number of hydrogen-bond acceptors (Lipinski definition) is 5. The Hall–Kier alpha value is -1.40. The number of aromatic nitrogens is 2. The lowest BCUT2D eigenvalue weighted by molar-refractivity contribution is -0.117. The molecule has 1 N–H and O–H groups in total. The fourth-order valence-corrected chi connectivity index (χ4v) is 1.03. The number of carbonyl (C=O) groups excluding carboxylic acids is 2. The predicted octanol–water partition coefficient (Wildman–Crippen LogP) is 0.601. The van der Waals surface area contributed by atoms with Crippen molar-refractivity contribution < 1.29 is 14.4 Å². The number of nitrogens with one attached hydrogen (secondary N) is 1. The molecule has 0 atom stereocenters. The van der Waals surface area contributed by atoms with Crippen molar-refractivity contribution in [3.05, 3.63) is 22.2 Å². The van der Waals surface area contributed by atoms with Gasteiger partial charge in [0.2, 0.25) is 11.7 Å². The van der Waals surface area contributed by atoms with E-state index in [1.54, 1.807) is 5.48 Å². The third-order valence-corrected chi connectivity index (χ3v) is 1.44. The summed E-state index contributed by atoms with van der Waals surface area (Å²) in [5, 5.41) is -0.182. The second-order valence-electron chi connectivity index (χ2n) is 1.97. The van der Waals surface area contributed by atoms with E-state index >= 15 is 0 Å². The number of hydroxylamine groups is 1. The first-order valence-electron chi connectivity index (χ1n) is 3.24.